The number of carbonyl (C=O) groups is 1. The second kappa shape index (κ2) is 9.10. The lowest BCUT2D eigenvalue weighted by Gasteiger charge is -2.41. The van der Waals surface area contributed by atoms with Gasteiger partial charge in [-0.25, -0.2) is 0 Å². The van der Waals surface area contributed by atoms with Crippen LogP contribution in [0.3, 0.4) is 0 Å². The number of fused-ring (bicyclic) bond motifs is 2. The molecule has 0 saturated carbocycles. The molecule has 7 nitrogen and oxygen atoms in total. The van der Waals surface area contributed by atoms with Crippen LogP contribution in [-0.2, 0) is 21.7 Å². The number of nitrogens with one attached hydrogen (secondary N) is 1. The van der Waals surface area contributed by atoms with Crippen molar-refractivity contribution in [2.45, 2.75) is 44.5 Å². The fourth-order valence-electron chi connectivity index (χ4n) is 4.67. The maximum atomic E-state index is 11.5. The van der Waals surface area contributed by atoms with E-state index < -0.39 is 5.60 Å². The first-order chi connectivity index (χ1) is 15.3. The van der Waals surface area contributed by atoms with Crippen LogP contribution in [0.4, 0.5) is 5.69 Å². The van der Waals surface area contributed by atoms with Crippen molar-refractivity contribution in [2.75, 3.05) is 38.7 Å². The summed E-state index contributed by atoms with van der Waals surface area (Å²) in [7, 11) is 1.57. The third kappa shape index (κ3) is 4.90. The number of methoxy groups -OCH3 is 1. The van der Waals surface area contributed by atoms with Crippen LogP contribution in [0.5, 0.6) is 11.5 Å². The molecule has 2 aliphatic heterocycles. The Balaban J connectivity index is 1.35. The zero-order chi connectivity index (χ0) is 22.8. The van der Waals surface area contributed by atoms with E-state index in [9.17, 15) is 9.90 Å². The van der Waals surface area contributed by atoms with Crippen molar-refractivity contribution < 1.29 is 24.1 Å². The van der Waals surface area contributed by atoms with Crippen molar-refractivity contribution in [3.05, 3.63) is 53.6 Å². The largest absolute Gasteiger partial charge is 0.497 e. The minimum atomic E-state index is -1.06. The summed E-state index contributed by atoms with van der Waals surface area (Å²) >= 11 is 0. The third-order valence-corrected chi connectivity index (χ3v) is 6.28. The van der Waals surface area contributed by atoms with Crippen molar-refractivity contribution in [2.24, 2.45) is 0 Å². The molecule has 0 unspecified atom stereocenters. The van der Waals surface area contributed by atoms with E-state index in [1.807, 2.05) is 0 Å². The Morgan fingerprint density at radius 1 is 1.25 bits per heavy atom. The van der Waals surface area contributed by atoms with Crippen molar-refractivity contribution >= 4 is 11.6 Å². The first-order valence-corrected chi connectivity index (χ1v) is 11.1. The topological polar surface area (TPSA) is 80.3 Å². The van der Waals surface area contributed by atoms with E-state index in [4.69, 9.17) is 14.2 Å². The summed E-state index contributed by atoms with van der Waals surface area (Å²) < 4.78 is 17.4. The van der Waals surface area contributed by atoms with E-state index in [0.717, 1.165) is 25.9 Å². The molecule has 32 heavy (non-hydrogen) atoms. The molecule has 2 N–H and O–H groups in total. The number of hydrogen-bond acceptors (Lipinski definition) is 6. The smallest absolute Gasteiger partial charge is 0.221 e. The molecule has 1 spiro atoms. The van der Waals surface area contributed by atoms with Gasteiger partial charge in [-0.15, -0.1) is 0 Å². The molecule has 1 fully saturated rings. The van der Waals surface area contributed by atoms with Gasteiger partial charge in [-0.3, -0.25) is 4.79 Å². The number of nitrogens with zero attached hydrogens (tertiary/aromatic N) is 1. The third-order valence-electron chi connectivity index (χ3n) is 6.28. The Bertz CT molecular complexity index is 967. The van der Waals surface area contributed by atoms with Crippen LogP contribution in [0.1, 0.15) is 37.8 Å². The summed E-state index contributed by atoms with van der Waals surface area (Å²) in [5.74, 6) is 0.894. The van der Waals surface area contributed by atoms with Gasteiger partial charge in [-0.1, -0.05) is 24.3 Å². The minimum absolute atomic E-state index is 0.0910. The molecule has 2 aromatic rings. The second-order valence-electron chi connectivity index (χ2n) is 9.05. The molecule has 1 atom stereocenters. The Hall–Kier alpha value is -2.61. The van der Waals surface area contributed by atoms with Gasteiger partial charge in [0.1, 0.15) is 23.7 Å². The number of piperidine rings is 1. The average Bonchev–Trinajstić information content (AvgIpc) is 3.13. The number of rotatable bonds is 7. The number of β-amino-alcohol motifs (C(OH)–C–C–N with tert-alkyl or cyclic N) is 1. The van der Waals surface area contributed by atoms with Crippen LogP contribution in [0.15, 0.2) is 42.5 Å². The van der Waals surface area contributed by atoms with E-state index >= 15 is 0 Å². The normalized spacial score (nSPS) is 19.2. The molecule has 2 aromatic carbocycles. The fourth-order valence-corrected chi connectivity index (χ4v) is 4.67. The number of carbonyl (C=O) groups excluding carboxylic acids is 1. The molecule has 1 amide bonds. The molecule has 172 valence electrons. The number of ether oxygens (including phenoxy) is 3. The Morgan fingerprint density at radius 3 is 2.72 bits per heavy atom. The molecular formula is C25H32N2O5. The number of hydrogen-bond donors (Lipinski definition) is 2. The van der Waals surface area contributed by atoms with Gasteiger partial charge >= 0.3 is 0 Å². The van der Waals surface area contributed by atoms with Crippen molar-refractivity contribution in [1.29, 1.82) is 0 Å². The molecule has 2 heterocycles. The SMILES string of the molecule is COc1ccc(NC(C)=O)c(OC[C@](C)(O)CN2CCC3(CC2)OCc2ccccc23)c1. The summed E-state index contributed by atoms with van der Waals surface area (Å²) in [6.45, 7) is 6.18. The molecule has 7 heteroatoms. The zero-order valence-corrected chi connectivity index (χ0v) is 19.0. The van der Waals surface area contributed by atoms with Crippen molar-refractivity contribution in [3.8, 4) is 11.5 Å². The van der Waals surface area contributed by atoms with Gasteiger partial charge in [-0.2, -0.15) is 0 Å². The summed E-state index contributed by atoms with van der Waals surface area (Å²) in [6.07, 6.45) is 1.81. The molecule has 1 saturated heterocycles. The van der Waals surface area contributed by atoms with Gasteiger partial charge in [0.05, 0.1) is 25.0 Å². The lowest BCUT2D eigenvalue weighted by atomic mass is 9.83. The van der Waals surface area contributed by atoms with E-state index in [-0.39, 0.29) is 18.1 Å². The van der Waals surface area contributed by atoms with Crippen molar-refractivity contribution in [3.63, 3.8) is 0 Å². The lowest BCUT2D eigenvalue weighted by molar-refractivity contribution is -0.114. The molecule has 4 rings (SSSR count). The Morgan fingerprint density at radius 2 is 2.00 bits per heavy atom. The van der Waals surface area contributed by atoms with Gasteiger partial charge in [0.2, 0.25) is 5.91 Å². The number of likely N-dealkylation sites (tertiary alicyclic amines) is 1. The summed E-state index contributed by atoms with van der Waals surface area (Å²) in [5.41, 5.74) is 1.90. The highest BCUT2D eigenvalue weighted by atomic mass is 16.5. The van der Waals surface area contributed by atoms with E-state index in [1.165, 1.54) is 18.1 Å². The van der Waals surface area contributed by atoms with Gasteiger partial charge in [0.15, 0.2) is 0 Å². The van der Waals surface area contributed by atoms with E-state index in [1.54, 1.807) is 32.2 Å². The van der Waals surface area contributed by atoms with Gasteiger partial charge in [0.25, 0.3) is 0 Å². The number of benzene rings is 2. The number of amides is 1. The van der Waals surface area contributed by atoms with Crippen LogP contribution in [0.25, 0.3) is 0 Å². The van der Waals surface area contributed by atoms with Gasteiger partial charge < -0.3 is 29.5 Å². The Kier molecular flexibility index (Phi) is 6.42. The standard InChI is InChI=1S/C25H32N2O5/c1-18(28)26-22-9-8-20(30-3)14-23(22)31-17-24(2,29)16-27-12-10-25(11-13-27)21-7-5-4-6-19(21)15-32-25/h4-9,14,29H,10-13,15-17H2,1-3H3,(H,26,28)/t24-/m1/s1. The first kappa shape index (κ1) is 22.6. The monoisotopic (exact) mass is 440 g/mol. The molecule has 0 bridgehead atoms. The molecule has 0 aromatic heterocycles. The number of aliphatic hydroxyl groups is 1. The Labute approximate surface area is 189 Å². The first-order valence-electron chi connectivity index (χ1n) is 11.1. The van der Waals surface area contributed by atoms with Crippen LogP contribution >= 0.6 is 0 Å². The number of anilines is 1. The minimum Gasteiger partial charge on any atom is -0.497 e. The predicted molar refractivity (Wildman–Crippen MR) is 122 cm³/mol. The summed E-state index contributed by atoms with van der Waals surface area (Å²) in [6, 6.07) is 13.7. The molecule has 0 radical (unpaired) electrons. The lowest BCUT2D eigenvalue weighted by Crippen LogP contribution is -2.50. The fraction of sp³-hybridized carbons (Fsp3) is 0.480. The van der Waals surface area contributed by atoms with Crippen LogP contribution in [0.2, 0.25) is 0 Å². The highest BCUT2D eigenvalue weighted by Crippen LogP contribution is 2.44. The van der Waals surface area contributed by atoms with Crippen LogP contribution in [-0.4, -0.2) is 54.9 Å². The quantitative estimate of drug-likeness (QED) is 0.688. The van der Waals surface area contributed by atoms with Gasteiger partial charge in [-0.05, 0) is 43.0 Å². The van der Waals surface area contributed by atoms with E-state index in [2.05, 4.69) is 34.5 Å². The highest BCUT2D eigenvalue weighted by molar-refractivity contribution is 5.90. The zero-order valence-electron chi connectivity index (χ0n) is 19.0. The van der Waals surface area contributed by atoms with E-state index in [0.29, 0.717) is 30.3 Å². The summed E-state index contributed by atoms with van der Waals surface area (Å²) in [5, 5.41) is 13.8. The summed E-state index contributed by atoms with van der Waals surface area (Å²) in [4.78, 5) is 13.8. The average molecular weight is 441 g/mol. The van der Waals surface area contributed by atoms with Gasteiger partial charge in [0, 0.05) is 32.6 Å². The maximum absolute atomic E-state index is 11.5. The molecule has 2 aliphatic rings. The van der Waals surface area contributed by atoms with Crippen LogP contribution in [0, 0.1) is 0 Å². The molecular weight excluding hydrogens is 408 g/mol. The maximum Gasteiger partial charge on any atom is 0.221 e. The van der Waals surface area contributed by atoms with Crippen molar-refractivity contribution in [1.82, 2.24) is 4.90 Å². The second-order valence-corrected chi connectivity index (χ2v) is 9.05. The predicted octanol–water partition coefficient (Wildman–Crippen LogP) is 3.30. The molecule has 0 aliphatic carbocycles. The highest BCUT2D eigenvalue weighted by Gasteiger charge is 2.43. The van der Waals surface area contributed by atoms with Crippen LogP contribution < -0.4 is 14.8 Å².